The van der Waals surface area contributed by atoms with Crippen LogP contribution in [0.1, 0.15) is 48.4 Å². The number of nitrogen functional groups attached to an aromatic ring is 1. The molecule has 0 fully saturated rings. The summed E-state index contributed by atoms with van der Waals surface area (Å²) < 4.78 is 58.6. The van der Waals surface area contributed by atoms with Gasteiger partial charge in [0.2, 0.25) is 0 Å². The molecule has 2 aromatic heterocycles. The number of benzene rings is 6. The van der Waals surface area contributed by atoms with Gasteiger partial charge in [0.15, 0.2) is 0 Å². The van der Waals surface area contributed by atoms with Gasteiger partial charge >= 0.3 is 23.5 Å². The van der Waals surface area contributed by atoms with E-state index in [1.54, 1.807) is 58.0 Å². The Hall–Kier alpha value is -7.97. The zero-order chi connectivity index (χ0) is 48.0. The molecular formula is C52H45ClF2N2O10. The van der Waals surface area contributed by atoms with Crippen molar-refractivity contribution in [1.82, 2.24) is 0 Å². The molecule has 0 spiro atoms. The summed E-state index contributed by atoms with van der Waals surface area (Å²) in [6.07, 6.45) is -0.607. The predicted molar refractivity (Wildman–Crippen MR) is 254 cm³/mol. The minimum absolute atomic E-state index is 0.183. The summed E-state index contributed by atoms with van der Waals surface area (Å²) in [6, 6.07) is 37.5. The standard InChI is InChI=1S/C26H22FNO5.C23H18FNO3.C3H5ClO2/c1-3-31-25(29)23-20-14-19(16-8-6-5-7-9-16)21(28-26(30)32-4-2)15-22(20)33-24(23)17-10-12-18(27)13-11-17;1-2-27-23(26)21-18-12-17(14-6-4-3-5-7-14)19(25)13-20(18)28-22(21)15-8-10-16(24)11-9-15;1-2-6-3(4)5/h5-15H,3-4H2,1-2H3,(H,28,30);3-13H,2,25H2,1H3;2H2,1H3. The smallest absolute Gasteiger partial charge is 0.411 e. The largest absolute Gasteiger partial charge is 0.462 e. The molecule has 2 heterocycles. The van der Waals surface area contributed by atoms with E-state index in [1.165, 1.54) is 36.4 Å². The predicted octanol–water partition coefficient (Wildman–Crippen LogP) is 13.7. The molecule has 0 aliphatic rings. The lowest BCUT2D eigenvalue weighted by atomic mass is 9.99. The molecule has 0 aliphatic heterocycles. The Balaban J connectivity index is 0.000000199. The van der Waals surface area contributed by atoms with Crippen molar-refractivity contribution in [3.63, 3.8) is 0 Å². The van der Waals surface area contributed by atoms with Crippen molar-refractivity contribution in [3.05, 3.63) is 156 Å². The fraction of sp³-hybridized carbons (Fsp3) is 0.154. The zero-order valence-electron chi connectivity index (χ0n) is 36.8. The maximum atomic E-state index is 13.5. The van der Waals surface area contributed by atoms with Gasteiger partial charge in [0.25, 0.3) is 0 Å². The number of esters is 2. The molecule has 1 amide bonds. The average Bonchev–Trinajstić information content (AvgIpc) is 3.88. The van der Waals surface area contributed by atoms with Crippen LogP contribution in [0.25, 0.3) is 66.8 Å². The minimum Gasteiger partial charge on any atom is -0.462 e. The number of carbonyl (C=O) groups is 4. The summed E-state index contributed by atoms with van der Waals surface area (Å²) in [5.41, 5.74) is 12.2. The van der Waals surface area contributed by atoms with Crippen LogP contribution >= 0.6 is 11.6 Å². The Kier molecular flexibility index (Phi) is 16.5. The molecule has 0 unspecified atom stereocenters. The van der Waals surface area contributed by atoms with E-state index in [0.717, 1.165) is 16.7 Å². The molecule has 0 aliphatic carbocycles. The van der Waals surface area contributed by atoms with Crippen molar-refractivity contribution in [3.8, 4) is 44.9 Å². The monoisotopic (exact) mass is 930 g/mol. The number of hydrogen-bond donors (Lipinski definition) is 2. The maximum Gasteiger partial charge on any atom is 0.411 e. The molecular weight excluding hydrogens is 886 g/mol. The first-order valence-electron chi connectivity index (χ1n) is 21.1. The molecule has 12 nitrogen and oxygen atoms in total. The number of fused-ring (bicyclic) bond motifs is 2. The van der Waals surface area contributed by atoms with Crippen molar-refractivity contribution >= 4 is 68.4 Å². The third kappa shape index (κ3) is 11.8. The lowest BCUT2D eigenvalue weighted by Gasteiger charge is -2.12. The van der Waals surface area contributed by atoms with Crippen LogP contribution in [0.5, 0.6) is 0 Å². The van der Waals surface area contributed by atoms with Gasteiger partial charge in [0.05, 0.1) is 32.1 Å². The summed E-state index contributed by atoms with van der Waals surface area (Å²) in [6.45, 7) is 7.85. The lowest BCUT2D eigenvalue weighted by Crippen LogP contribution is -2.14. The highest BCUT2D eigenvalue weighted by Crippen LogP contribution is 2.41. The number of hydrogen-bond acceptors (Lipinski definition) is 11. The molecule has 0 radical (unpaired) electrons. The molecule has 3 N–H and O–H groups in total. The van der Waals surface area contributed by atoms with Gasteiger partial charge in [0, 0.05) is 62.4 Å². The Bertz CT molecular complexity index is 2990. The summed E-state index contributed by atoms with van der Waals surface area (Å²) in [5.74, 6) is -1.23. The number of amides is 1. The van der Waals surface area contributed by atoms with Crippen LogP contribution in [0, 0.1) is 11.6 Å². The number of halogens is 3. The van der Waals surface area contributed by atoms with Gasteiger partial charge in [0.1, 0.15) is 45.4 Å². The number of anilines is 2. The Morgan fingerprint density at radius 1 is 0.537 bits per heavy atom. The molecule has 6 aromatic carbocycles. The number of rotatable bonds is 11. The summed E-state index contributed by atoms with van der Waals surface area (Å²) >= 11 is 4.72. The zero-order valence-corrected chi connectivity index (χ0v) is 37.6. The summed E-state index contributed by atoms with van der Waals surface area (Å²) in [5, 5.41) is 3.86. The number of carbonyl (C=O) groups excluding carboxylic acids is 4. The van der Waals surface area contributed by atoms with Crippen LogP contribution in [0.3, 0.4) is 0 Å². The number of nitrogens with two attached hydrogens (primary N) is 1. The lowest BCUT2D eigenvalue weighted by molar-refractivity contribution is 0.0519. The topological polar surface area (TPSA) is 170 Å². The SMILES string of the molecule is CCOC(=O)Cl.CCOC(=O)Nc1cc2oc(-c3ccc(F)cc3)c(C(=O)OCC)c2cc1-c1ccccc1.CCOC(=O)c1c(-c2ccc(F)cc2)oc2cc(N)c(-c3ccccc3)cc12. The molecule has 8 aromatic rings. The molecule has 8 rings (SSSR count). The Morgan fingerprint density at radius 2 is 0.955 bits per heavy atom. The first-order valence-corrected chi connectivity index (χ1v) is 21.4. The van der Waals surface area contributed by atoms with Gasteiger partial charge in [-0.3, -0.25) is 5.32 Å². The second kappa shape index (κ2) is 22.8. The third-order valence-corrected chi connectivity index (χ3v) is 9.91. The van der Waals surface area contributed by atoms with Crippen molar-refractivity contribution in [2.24, 2.45) is 0 Å². The second-order valence-electron chi connectivity index (χ2n) is 14.1. The summed E-state index contributed by atoms with van der Waals surface area (Å²) in [7, 11) is 0. The highest BCUT2D eigenvalue weighted by molar-refractivity contribution is 6.61. The van der Waals surface area contributed by atoms with E-state index in [9.17, 15) is 28.0 Å². The van der Waals surface area contributed by atoms with Gasteiger partial charge in [-0.2, -0.15) is 0 Å². The van der Waals surface area contributed by atoms with E-state index in [2.05, 4.69) is 10.1 Å². The van der Waals surface area contributed by atoms with Crippen LogP contribution in [-0.2, 0) is 18.9 Å². The molecule has 67 heavy (non-hydrogen) atoms. The number of nitrogens with one attached hydrogen (secondary N) is 1. The Morgan fingerprint density at radius 3 is 1.37 bits per heavy atom. The van der Waals surface area contributed by atoms with Crippen molar-refractivity contribution in [2.75, 3.05) is 37.5 Å². The molecule has 15 heteroatoms. The van der Waals surface area contributed by atoms with Crippen LogP contribution in [0.2, 0.25) is 0 Å². The van der Waals surface area contributed by atoms with Gasteiger partial charge in [-0.1, -0.05) is 60.7 Å². The molecule has 0 atom stereocenters. The first kappa shape index (κ1) is 48.5. The van der Waals surface area contributed by atoms with E-state index < -0.39 is 29.3 Å². The third-order valence-electron chi connectivity index (χ3n) is 9.80. The molecule has 0 saturated carbocycles. The van der Waals surface area contributed by atoms with Crippen molar-refractivity contribution in [2.45, 2.75) is 27.7 Å². The molecule has 0 saturated heterocycles. The van der Waals surface area contributed by atoms with Crippen molar-refractivity contribution < 1.29 is 55.7 Å². The highest BCUT2D eigenvalue weighted by atomic mass is 35.5. The quantitative estimate of drug-likeness (QED) is 0.0548. The van der Waals surface area contributed by atoms with E-state index in [0.29, 0.717) is 67.9 Å². The maximum absolute atomic E-state index is 13.5. The second-order valence-corrected chi connectivity index (χ2v) is 14.5. The van der Waals surface area contributed by atoms with E-state index in [1.807, 2.05) is 66.7 Å². The van der Waals surface area contributed by atoms with Crippen molar-refractivity contribution in [1.29, 1.82) is 0 Å². The molecule has 344 valence electrons. The first-order chi connectivity index (χ1) is 32.4. The molecule has 0 bridgehead atoms. The van der Waals surface area contributed by atoms with Gasteiger partial charge in [-0.15, -0.1) is 0 Å². The van der Waals surface area contributed by atoms with E-state index in [-0.39, 0.29) is 37.0 Å². The van der Waals surface area contributed by atoms with E-state index >= 15 is 0 Å². The fourth-order valence-electron chi connectivity index (χ4n) is 6.94. The van der Waals surface area contributed by atoms with Crippen LogP contribution < -0.4 is 11.1 Å². The van der Waals surface area contributed by atoms with Crippen LogP contribution in [0.15, 0.2) is 142 Å². The van der Waals surface area contributed by atoms with Crippen LogP contribution in [0.4, 0.5) is 29.7 Å². The number of furan rings is 2. The van der Waals surface area contributed by atoms with Gasteiger partial charge < -0.3 is 33.5 Å². The fourth-order valence-corrected chi connectivity index (χ4v) is 7.05. The number of ether oxygens (including phenoxy) is 4. The summed E-state index contributed by atoms with van der Waals surface area (Å²) in [4.78, 5) is 47.4. The highest BCUT2D eigenvalue weighted by Gasteiger charge is 2.27. The van der Waals surface area contributed by atoms with Gasteiger partial charge in [-0.05, 0) is 99.5 Å². The van der Waals surface area contributed by atoms with Gasteiger partial charge in [-0.25, -0.2) is 28.0 Å². The average molecular weight is 931 g/mol. The van der Waals surface area contributed by atoms with E-state index in [4.69, 9.17) is 40.4 Å². The normalized spacial score (nSPS) is 10.6. The Labute approximate surface area is 389 Å². The minimum atomic E-state index is -0.738. The van der Waals surface area contributed by atoms with Crippen LogP contribution in [-0.4, -0.2) is 49.9 Å².